The molecule has 0 N–H and O–H groups in total. The molecule has 0 spiro atoms. The molecule has 4 heteroatoms. The molecular formula is C13H11BrCl2O. The van der Waals surface area contributed by atoms with Crippen molar-refractivity contribution in [3.63, 3.8) is 0 Å². The van der Waals surface area contributed by atoms with E-state index in [0.29, 0.717) is 5.22 Å². The minimum Gasteiger partial charge on any atom is -0.448 e. The van der Waals surface area contributed by atoms with E-state index >= 15 is 0 Å². The minimum absolute atomic E-state index is 0.00836. The van der Waals surface area contributed by atoms with Crippen LogP contribution in [0.15, 0.2) is 28.7 Å². The topological polar surface area (TPSA) is 13.1 Å². The first-order valence-electron chi connectivity index (χ1n) is 5.15. The zero-order valence-corrected chi connectivity index (χ0v) is 12.5. The lowest BCUT2D eigenvalue weighted by molar-refractivity contribution is 0.521. The second kappa shape index (κ2) is 5.05. The van der Waals surface area contributed by atoms with E-state index in [1.54, 1.807) is 6.07 Å². The van der Waals surface area contributed by atoms with Crippen molar-refractivity contribution >= 4 is 39.1 Å². The van der Waals surface area contributed by atoms with Gasteiger partial charge in [-0.2, -0.15) is 0 Å². The average molecular weight is 334 g/mol. The lowest BCUT2D eigenvalue weighted by Crippen LogP contribution is -1.95. The van der Waals surface area contributed by atoms with Gasteiger partial charge in [0.15, 0.2) is 5.22 Å². The van der Waals surface area contributed by atoms with Crippen LogP contribution in [0.5, 0.6) is 0 Å². The molecule has 2 rings (SSSR count). The summed E-state index contributed by atoms with van der Waals surface area (Å²) < 4.78 is 5.41. The summed E-state index contributed by atoms with van der Waals surface area (Å²) in [5, 5.41) is 1.18. The largest absolute Gasteiger partial charge is 0.448 e. The summed E-state index contributed by atoms with van der Waals surface area (Å²) >= 11 is 15.5. The van der Waals surface area contributed by atoms with Crippen LogP contribution in [0.2, 0.25) is 10.2 Å². The van der Waals surface area contributed by atoms with E-state index in [0.717, 1.165) is 27.5 Å². The molecule has 1 aromatic carbocycles. The summed E-state index contributed by atoms with van der Waals surface area (Å²) in [7, 11) is 0. The molecule has 2 aromatic rings. The maximum Gasteiger partial charge on any atom is 0.193 e. The summed E-state index contributed by atoms with van der Waals surface area (Å²) in [6.45, 7) is 4.01. The van der Waals surface area contributed by atoms with Gasteiger partial charge in [0, 0.05) is 5.02 Å². The predicted molar refractivity (Wildman–Crippen MR) is 75.4 cm³/mol. The molecule has 1 aromatic heterocycles. The Morgan fingerprint density at radius 2 is 1.82 bits per heavy atom. The number of aryl methyl sites for hydroxylation is 2. The molecule has 1 unspecified atom stereocenters. The van der Waals surface area contributed by atoms with E-state index in [9.17, 15) is 0 Å². The van der Waals surface area contributed by atoms with Crippen LogP contribution in [0.25, 0.3) is 0 Å². The maximum atomic E-state index is 6.08. The second-order valence-corrected chi connectivity index (χ2v) is 5.66. The molecule has 0 aliphatic rings. The van der Waals surface area contributed by atoms with Crippen LogP contribution < -0.4 is 0 Å². The number of alkyl halides is 1. The molecule has 1 nitrogen and oxygen atoms in total. The monoisotopic (exact) mass is 332 g/mol. The highest BCUT2D eigenvalue weighted by Gasteiger charge is 2.17. The third-order valence-corrected chi connectivity index (χ3v) is 4.22. The fourth-order valence-corrected chi connectivity index (χ4v) is 2.80. The molecule has 90 valence electrons. The van der Waals surface area contributed by atoms with E-state index in [4.69, 9.17) is 27.6 Å². The Bertz CT molecular complexity index is 548. The Morgan fingerprint density at radius 3 is 2.41 bits per heavy atom. The van der Waals surface area contributed by atoms with Crippen LogP contribution >= 0.6 is 39.1 Å². The number of furan rings is 1. The number of benzene rings is 1. The van der Waals surface area contributed by atoms with Gasteiger partial charge < -0.3 is 4.42 Å². The molecule has 0 aliphatic heterocycles. The van der Waals surface area contributed by atoms with Gasteiger partial charge in [0.25, 0.3) is 0 Å². The van der Waals surface area contributed by atoms with Crippen molar-refractivity contribution in [2.75, 3.05) is 0 Å². The summed E-state index contributed by atoms with van der Waals surface area (Å²) in [5.74, 6) is 0.792. The van der Waals surface area contributed by atoms with Crippen molar-refractivity contribution < 1.29 is 4.42 Å². The number of hydrogen-bond acceptors (Lipinski definition) is 1. The quantitative estimate of drug-likeness (QED) is 0.643. The molecule has 0 amide bonds. The van der Waals surface area contributed by atoms with E-state index in [-0.39, 0.29) is 4.83 Å². The van der Waals surface area contributed by atoms with Gasteiger partial charge in [-0.1, -0.05) is 33.6 Å². The Balaban J connectivity index is 2.43. The smallest absolute Gasteiger partial charge is 0.193 e. The molecule has 0 bridgehead atoms. The van der Waals surface area contributed by atoms with Crippen LogP contribution in [0, 0.1) is 13.8 Å². The summed E-state index contributed by atoms with van der Waals surface area (Å²) in [6.07, 6.45) is 0. The molecule has 1 atom stereocenters. The summed E-state index contributed by atoms with van der Waals surface area (Å²) in [6, 6.07) is 7.63. The van der Waals surface area contributed by atoms with Crippen LogP contribution in [0.1, 0.15) is 27.3 Å². The molecule has 1 heterocycles. The molecule has 0 saturated heterocycles. The van der Waals surface area contributed by atoms with E-state index in [2.05, 4.69) is 22.0 Å². The van der Waals surface area contributed by atoms with Gasteiger partial charge in [-0.3, -0.25) is 0 Å². The van der Waals surface area contributed by atoms with Crippen LogP contribution in [0.3, 0.4) is 0 Å². The number of rotatable bonds is 2. The first-order chi connectivity index (χ1) is 7.99. The first kappa shape index (κ1) is 13.0. The third-order valence-electron chi connectivity index (χ3n) is 2.66. The van der Waals surface area contributed by atoms with E-state index in [1.807, 2.05) is 26.0 Å². The lowest BCUT2D eigenvalue weighted by atomic mass is 10.0. The molecule has 0 saturated carbocycles. The van der Waals surface area contributed by atoms with Gasteiger partial charge >= 0.3 is 0 Å². The lowest BCUT2D eigenvalue weighted by Gasteiger charge is -2.13. The fraction of sp³-hybridized carbons (Fsp3) is 0.231. The highest BCUT2D eigenvalue weighted by atomic mass is 79.9. The highest BCUT2D eigenvalue weighted by Crippen LogP contribution is 2.36. The predicted octanol–water partition coefficient (Wildman–Crippen LogP) is 5.69. The highest BCUT2D eigenvalue weighted by molar-refractivity contribution is 9.09. The minimum atomic E-state index is -0.00836. The Morgan fingerprint density at radius 1 is 1.12 bits per heavy atom. The SMILES string of the molecule is Cc1cc(C(Br)c2ccc(Cl)o2)c(C)cc1Cl. The zero-order valence-electron chi connectivity index (χ0n) is 9.43. The number of hydrogen-bond donors (Lipinski definition) is 0. The van der Waals surface area contributed by atoms with E-state index < -0.39 is 0 Å². The Hall–Kier alpha value is -0.440. The van der Waals surface area contributed by atoms with Gasteiger partial charge in [-0.05, 0) is 60.3 Å². The van der Waals surface area contributed by atoms with Gasteiger partial charge in [0.2, 0.25) is 0 Å². The Kier molecular flexibility index (Phi) is 3.86. The Labute approximate surface area is 119 Å². The van der Waals surface area contributed by atoms with Crippen molar-refractivity contribution in [2.45, 2.75) is 18.7 Å². The van der Waals surface area contributed by atoms with Crippen LogP contribution in [-0.2, 0) is 0 Å². The van der Waals surface area contributed by atoms with Crippen molar-refractivity contribution in [1.29, 1.82) is 0 Å². The molecule has 0 radical (unpaired) electrons. The maximum absolute atomic E-state index is 6.08. The fourth-order valence-electron chi connectivity index (χ4n) is 1.69. The molecule has 0 aliphatic carbocycles. The normalized spacial score (nSPS) is 12.8. The first-order valence-corrected chi connectivity index (χ1v) is 6.82. The van der Waals surface area contributed by atoms with Crippen LogP contribution in [-0.4, -0.2) is 0 Å². The summed E-state index contributed by atoms with van der Waals surface area (Å²) in [4.78, 5) is -0.00836. The molecule has 0 fully saturated rings. The standard InChI is InChI=1S/C13H11BrCl2O/c1-7-6-10(15)8(2)5-9(7)13(14)11-3-4-12(16)17-11/h3-6,13H,1-2H3. The summed E-state index contributed by atoms with van der Waals surface area (Å²) in [5.41, 5.74) is 3.31. The van der Waals surface area contributed by atoms with Crippen LogP contribution in [0.4, 0.5) is 0 Å². The van der Waals surface area contributed by atoms with Crippen molar-refractivity contribution in [2.24, 2.45) is 0 Å². The van der Waals surface area contributed by atoms with Crippen molar-refractivity contribution in [1.82, 2.24) is 0 Å². The van der Waals surface area contributed by atoms with E-state index in [1.165, 1.54) is 0 Å². The van der Waals surface area contributed by atoms with Crippen molar-refractivity contribution in [3.05, 3.63) is 57.0 Å². The number of halogens is 3. The van der Waals surface area contributed by atoms with Gasteiger partial charge in [-0.25, -0.2) is 0 Å². The third kappa shape index (κ3) is 2.70. The van der Waals surface area contributed by atoms with Gasteiger partial charge in [-0.15, -0.1) is 0 Å². The second-order valence-electron chi connectivity index (χ2n) is 3.96. The zero-order chi connectivity index (χ0) is 12.6. The van der Waals surface area contributed by atoms with Crippen molar-refractivity contribution in [3.8, 4) is 0 Å². The molecule has 17 heavy (non-hydrogen) atoms. The molecular weight excluding hydrogens is 323 g/mol. The van der Waals surface area contributed by atoms with Gasteiger partial charge in [0.1, 0.15) is 5.76 Å². The van der Waals surface area contributed by atoms with Gasteiger partial charge in [0.05, 0.1) is 4.83 Å². The average Bonchev–Trinajstić information content (AvgIpc) is 2.69.